The summed E-state index contributed by atoms with van der Waals surface area (Å²) < 4.78 is -0.645. The molecule has 1 spiro atoms. The molecule has 30 heavy (non-hydrogen) atoms. The molecule has 3 unspecified atom stereocenters. The minimum atomic E-state index is -0.674. The van der Waals surface area contributed by atoms with Crippen LogP contribution in [0.5, 0.6) is 0 Å². The molecule has 3 fully saturated rings. The first-order chi connectivity index (χ1) is 14.2. The number of unbranched alkanes of at least 4 members (excludes halogenated alkanes) is 1. The second-order valence-electron chi connectivity index (χ2n) is 9.13. The SMILES string of the molecule is CCCCNC(=O)C1N([C@@H](CO)CC(C)C)C(=O)[C@@H]2[C@@H](C(=O)NC)[C@@H]3SC12CC3Br. The van der Waals surface area contributed by atoms with E-state index in [2.05, 4.69) is 33.5 Å². The van der Waals surface area contributed by atoms with Crippen molar-refractivity contribution in [2.24, 2.45) is 17.8 Å². The maximum atomic E-state index is 13.8. The van der Waals surface area contributed by atoms with E-state index in [0.29, 0.717) is 19.4 Å². The molecule has 0 aromatic carbocycles. The Kier molecular flexibility index (Phi) is 7.45. The van der Waals surface area contributed by atoms with E-state index >= 15 is 0 Å². The summed E-state index contributed by atoms with van der Waals surface area (Å²) >= 11 is 5.35. The third-order valence-corrected chi connectivity index (χ3v) is 9.92. The fourth-order valence-corrected chi connectivity index (χ4v) is 9.13. The molecular weight excluding hydrogens is 470 g/mol. The summed E-state index contributed by atoms with van der Waals surface area (Å²) in [7, 11) is 1.59. The van der Waals surface area contributed by atoms with Crippen LogP contribution in [0, 0.1) is 17.8 Å². The van der Waals surface area contributed by atoms with Gasteiger partial charge in [-0.2, -0.15) is 0 Å². The molecule has 2 bridgehead atoms. The maximum absolute atomic E-state index is 13.8. The first-order valence-corrected chi connectivity index (χ1v) is 12.8. The van der Waals surface area contributed by atoms with Crippen LogP contribution in [-0.4, -0.2) is 74.8 Å². The number of hydrogen-bond acceptors (Lipinski definition) is 5. The number of thioether (sulfide) groups is 1. The molecule has 0 saturated carbocycles. The molecule has 0 aromatic rings. The third-order valence-electron chi connectivity index (χ3n) is 6.70. The zero-order valence-corrected chi connectivity index (χ0v) is 20.6. The van der Waals surface area contributed by atoms with Gasteiger partial charge in [-0.1, -0.05) is 43.1 Å². The Morgan fingerprint density at radius 2 is 2.07 bits per heavy atom. The maximum Gasteiger partial charge on any atom is 0.244 e. The van der Waals surface area contributed by atoms with Crippen LogP contribution in [-0.2, 0) is 14.4 Å². The summed E-state index contributed by atoms with van der Waals surface area (Å²) in [5.41, 5.74) is 0. The van der Waals surface area contributed by atoms with Gasteiger partial charge in [-0.25, -0.2) is 0 Å². The van der Waals surface area contributed by atoms with Gasteiger partial charge in [-0.15, -0.1) is 11.8 Å². The highest BCUT2D eigenvalue weighted by atomic mass is 79.9. The summed E-state index contributed by atoms with van der Waals surface area (Å²) in [6, 6.07) is -1.11. The lowest BCUT2D eigenvalue weighted by Gasteiger charge is -2.37. The lowest BCUT2D eigenvalue weighted by molar-refractivity contribution is -0.143. The van der Waals surface area contributed by atoms with Gasteiger partial charge in [0.2, 0.25) is 17.7 Å². The molecule has 3 N–H and O–H groups in total. The van der Waals surface area contributed by atoms with Gasteiger partial charge in [-0.3, -0.25) is 14.4 Å². The van der Waals surface area contributed by atoms with E-state index in [1.165, 1.54) is 0 Å². The number of nitrogens with one attached hydrogen (secondary N) is 2. The number of nitrogens with zero attached hydrogens (tertiary/aromatic N) is 1. The van der Waals surface area contributed by atoms with E-state index in [1.54, 1.807) is 23.7 Å². The summed E-state index contributed by atoms with van der Waals surface area (Å²) in [6.07, 6.45) is 3.11. The number of hydrogen-bond donors (Lipinski definition) is 3. The van der Waals surface area contributed by atoms with E-state index in [-0.39, 0.29) is 40.3 Å². The van der Waals surface area contributed by atoms with Crippen molar-refractivity contribution in [2.45, 2.75) is 73.4 Å². The molecule has 9 heteroatoms. The van der Waals surface area contributed by atoms with Crippen LogP contribution in [0.4, 0.5) is 0 Å². The number of carbonyl (C=O) groups excluding carboxylic acids is 3. The minimum absolute atomic E-state index is 0.0373. The number of rotatable bonds is 9. The van der Waals surface area contributed by atoms with E-state index in [0.717, 1.165) is 12.8 Å². The van der Waals surface area contributed by atoms with Crippen molar-refractivity contribution in [3.63, 3.8) is 0 Å². The Hall–Kier alpha value is -0.800. The molecule has 0 radical (unpaired) electrons. The molecule has 3 aliphatic heterocycles. The molecule has 7 atom stereocenters. The van der Waals surface area contributed by atoms with Gasteiger partial charge in [0.1, 0.15) is 6.04 Å². The van der Waals surface area contributed by atoms with Crippen LogP contribution in [0.25, 0.3) is 0 Å². The molecule has 3 aliphatic rings. The Morgan fingerprint density at radius 3 is 2.63 bits per heavy atom. The second kappa shape index (κ2) is 9.36. The molecule has 0 aromatic heterocycles. The molecule has 3 saturated heterocycles. The first kappa shape index (κ1) is 23.9. The zero-order valence-electron chi connectivity index (χ0n) is 18.2. The molecule has 3 heterocycles. The Morgan fingerprint density at radius 1 is 1.37 bits per heavy atom. The predicted molar refractivity (Wildman–Crippen MR) is 121 cm³/mol. The second-order valence-corrected chi connectivity index (χ2v) is 11.9. The molecule has 3 amide bonds. The van der Waals surface area contributed by atoms with Gasteiger partial charge in [-0.05, 0) is 25.2 Å². The summed E-state index contributed by atoms with van der Waals surface area (Å²) in [5.74, 6) is -1.21. The van der Waals surface area contributed by atoms with Crippen molar-refractivity contribution < 1.29 is 19.5 Å². The van der Waals surface area contributed by atoms with Gasteiger partial charge >= 0.3 is 0 Å². The van der Waals surface area contributed by atoms with Gasteiger partial charge in [0, 0.05) is 23.7 Å². The van der Waals surface area contributed by atoms with Crippen molar-refractivity contribution in [1.82, 2.24) is 15.5 Å². The monoisotopic (exact) mass is 503 g/mol. The highest BCUT2D eigenvalue weighted by Crippen LogP contribution is 2.68. The number of halogens is 1. The molecule has 0 aliphatic carbocycles. The summed E-state index contributed by atoms with van der Waals surface area (Å²) in [5, 5.41) is 15.9. The number of fused-ring (bicyclic) bond motifs is 1. The largest absolute Gasteiger partial charge is 0.394 e. The summed E-state index contributed by atoms with van der Waals surface area (Å²) in [6.45, 7) is 6.52. The predicted octanol–water partition coefficient (Wildman–Crippen LogP) is 1.52. The first-order valence-electron chi connectivity index (χ1n) is 11.0. The average molecular weight is 504 g/mol. The fraction of sp³-hybridized carbons (Fsp3) is 0.857. The lowest BCUT2D eigenvalue weighted by Crippen LogP contribution is -2.57. The number of carbonyl (C=O) groups is 3. The van der Waals surface area contributed by atoms with E-state index < -0.39 is 28.7 Å². The van der Waals surface area contributed by atoms with E-state index in [1.807, 2.05) is 13.8 Å². The lowest BCUT2D eigenvalue weighted by atomic mass is 9.70. The Bertz CT molecular complexity index is 693. The van der Waals surface area contributed by atoms with Gasteiger partial charge < -0.3 is 20.6 Å². The number of aliphatic hydroxyl groups excluding tert-OH is 1. The number of aliphatic hydroxyl groups is 1. The third kappa shape index (κ3) is 3.79. The molecule has 3 rings (SSSR count). The smallest absolute Gasteiger partial charge is 0.244 e. The highest BCUT2D eigenvalue weighted by Gasteiger charge is 2.76. The highest BCUT2D eigenvalue weighted by molar-refractivity contribution is 9.09. The molecular formula is C21H34BrN3O4S. The minimum Gasteiger partial charge on any atom is -0.394 e. The van der Waals surface area contributed by atoms with Gasteiger partial charge in [0.15, 0.2) is 0 Å². The number of likely N-dealkylation sites (tertiary alicyclic amines) is 1. The average Bonchev–Trinajstić information content (AvgIpc) is 3.29. The van der Waals surface area contributed by atoms with Crippen LogP contribution in [0.1, 0.15) is 46.5 Å². The van der Waals surface area contributed by atoms with Crippen LogP contribution in [0.15, 0.2) is 0 Å². The van der Waals surface area contributed by atoms with Crippen molar-refractivity contribution in [3.05, 3.63) is 0 Å². The van der Waals surface area contributed by atoms with Crippen molar-refractivity contribution in [3.8, 4) is 0 Å². The van der Waals surface area contributed by atoms with Crippen LogP contribution < -0.4 is 10.6 Å². The number of amides is 3. The van der Waals surface area contributed by atoms with Crippen molar-refractivity contribution >= 4 is 45.4 Å². The van der Waals surface area contributed by atoms with Crippen LogP contribution in [0.3, 0.4) is 0 Å². The number of alkyl halides is 1. The van der Waals surface area contributed by atoms with Crippen LogP contribution >= 0.6 is 27.7 Å². The standard InChI is InChI=1S/C21H34BrN3O4S/c1-5-6-7-24-19(28)17-21-9-13(22)16(30-21)14(18(27)23-4)15(21)20(29)25(17)12(10-26)8-11(2)3/h11-17,26H,5-10H2,1-4H3,(H,23,27)(H,24,28)/t12-,13?,14-,15+,16-,17?,21?/m1/s1. The van der Waals surface area contributed by atoms with Crippen LogP contribution in [0.2, 0.25) is 0 Å². The van der Waals surface area contributed by atoms with Gasteiger partial charge in [0.05, 0.1) is 29.2 Å². The zero-order chi connectivity index (χ0) is 22.2. The van der Waals surface area contributed by atoms with Crippen molar-refractivity contribution in [1.29, 1.82) is 0 Å². The van der Waals surface area contributed by atoms with Gasteiger partial charge in [0.25, 0.3) is 0 Å². The van der Waals surface area contributed by atoms with Crippen molar-refractivity contribution in [2.75, 3.05) is 20.2 Å². The Labute approximate surface area is 191 Å². The molecule has 170 valence electrons. The molecule has 7 nitrogen and oxygen atoms in total. The quantitative estimate of drug-likeness (QED) is 0.327. The van der Waals surface area contributed by atoms with E-state index in [9.17, 15) is 19.5 Å². The Balaban J connectivity index is 2.03. The normalized spacial score (nSPS) is 35.6. The topological polar surface area (TPSA) is 98.7 Å². The fourth-order valence-electron chi connectivity index (χ4n) is 5.53. The summed E-state index contributed by atoms with van der Waals surface area (Å²) in [4.78, 5) is 41.7. The van der Waals surface area contributed by atoms with E-state index in [4.69, 9.17) is 0 Å².